The Kier molecular flexibility index (Phi) is 6.45. The molecule has 1 atom stereocenters. The molecular weight excluding hydrogens is 400 g/mol. The van der Waals surface area contributed by atoms with Gasteiger partial charge in [-0.1, -0.05) is 18.2 Å². The molecule has 1 unspecified atom stereocenters. The number of hydrogen-bond donors (Lipinski definition) is 2. The van der Waals surface area contributed by atoms with Gasteiger partial charge >= 0.3 is 6.09 Å². The monoisotopic (exact) mass is 426 g/mol. The van der Waals surface area contributed by atoms with Crippen LogP contribution in [-0.4, -0.2) is 59.4 Å². The molecule has 3 N–H and O–H groups in total. The van der Waals surface area contributed by atoms with Crippen molar-refractivity contribution in [2.75, 3.05) is 31.2 Å². The van der Waals surface area contributed by atoms with Gasteiger partial charge in [0.05, 0.1) is 18.0 Å². The van der Waals surface area contributed by atoms with Crippen LogP contribution >= 0.6 is 0 Å². The number of hydrogen-bond acceptors (Lipinski definition) is 8. The lowest BCUT2D eigenvalue weighted by molar-refractivity contribution is 0.0294. The van der Waals surface area contributed by atoms with Gasteiger partial charge in [0.25, 0.3) is 5.91 Å². The molecule has 4 rings (SSSR count). The van der Waals surface area contributed by atoms with Gasteiger partial charge in [-0.25, -0.2) is 14.7 Å². The summed E-state index contributed by atoms with van der Waals surface area (Å²) < 4.78 is 11.1. The van der Waals surface area contributed by atoms with Crippen LogP contribution in [0.15, 0.2) is 42.6 Å². The fourth-order valence-electron chi connectivity index (χ4n) is 3.90. The van der Waals surface area contributed by atoms with Gasteiger partial charge in [0, 0.05) is 43.5 Å². The summed E-state index contributed by atoms with van der Waals surface area (Å²) >= 11 is 0. The van der Waals surface area contributed by atoms with Crippen molar-refractivity contribution in [3.05, 3.63) is 53.7 Å². The molecule has 2 aliphatic rings. The molecule has 9 nitrogen and oxygen atoms in total. The number of aliphatic hydroxyl groups excluding tert-OH is 1. The predicted octanol–water partition coefficient (Wildman–Crippen LogP) is 2.06. The SMILES string of the molecule is NC1c2ccccc2C(=O)N1C(=O)Oc1ccc(N2CCC(OCCCO)CC2)cn1. The topological polar surface area (TPSA) is 118 Å². The first-order chi connectivity index (χ1) is 15.1. The normalized spacial score (nSPS) is 18.9. The van der Waals surface area contributed by atoms with Crippen molar-refractivity contribution >= 4 is 17.7 Å². The lowest BCUT2D eigenvalue weighted by atomic mass is 10.1. The van der Waals surface area contributed by atoms with Crippen LogP contribution < -0.4 is 15.4 Å². The van der Waals surface area contributed by atoms with Gasteiger partial charge in [0.15, 0.2) is 0 Å². The fourth-order valence-corrected chi connectivity index (χ4v) is 3.90. The number of nitrogens with two attached hydrogens (primary N) is 1. The van der Waals surface area contributed by atoms with E-state index in [1.807, 2.05) is 6.07 Å². The first-order valence-corrected chi connectivity index (χ1v) is 10.4. The number of aromatic nitrogens is 1. The lowest BCUT2D eigenvalue weighted by Gasteiger charge is -2.33. The maximum atomic E-state index is 12.6. The Balaban J connectivity index is 1.32. The highest BCUT2D eigenvalue weighted by Crippen LogP contribution is 2.30. The number of anilines is 1. The average Bonchev–Trinajstić information content (AvgIpc) is 3.05. The van der Waals surface area contributed by atoms with Gasteiger partial charge in [0.1, 0.15) is 6.17 Å². The second kappa shape index (κ2) is 9.42. The molecule has 0 saturated carbocycles. The van der Waals surface area contributed by atoms with Gasteiger partial charge in [0.2, 0.25) is 5.88 Å². The third kappa shape index (κ3) is 4.53. The van der Waals surface area contributed by atoms with Crippen LogP contribution in [0.5, 0.6) is 5.88 Å². The highest BCUT2D eigenvalue weighted by atomic mass is 16.6. The summed E-state index contributed by atoms with van der Waals surface area (Å²) in [5.74, 6) is -0.374. The van der Waals surface area contributed by atoms with Gasteiger partial charge in [-0.2, -0.15) is 0 Å². The fraction of sp³-hybridized carbons (Fsp3) is 0.409. The van der Waals surface area contributed by atoms with E-state index in [2.05, 4.69) is 9.88 Å². The molecule has 2 amide bonds. The Morgan fingerprint density at radius 1 is 1.19 bits per heavy atom. The van der Waals surface area contributed by atoms with Crippen molar-refractivity contribution in [1.29, 1.82) is 0 Å². The number of carbonyl (C=O) groups excluding carboxylic acids is 2. The number of imide groups is 1. The Bertz CT molecular complexity index is 928. The van der Waals surface area contributed by atoms with Crippen molar-refractivity contribution in [2.24, 2.45) is 5.73 Å². The number of pyridine rings is 1. The van der Waals surface area contributed by atoms with Crippen LogP contribution in [0, 0.1) is 0 Å². The number of fused-ring (bicyclic) bond motifs is 1. The maximum Gasteiger partial charge on any atom is 0.425 e. The highest BCUT2D eigenvalue weighted by molar-refractivity contribution is 6.07. The summed E-state index contributed by atoms with van der Waals surface area (Å²) in [7, 11) is 0. The number of benzene rings is 1. The molecule has 2 aliphatic heterocycles. The second-order valence-electron chi connectivity index (χ2n) is 7.56. The quantitative estimate of drug-likeness (QED) is 0.674. The summed E-state index contributed by atoms with van der Waals surface area (Å²) in [5, 5.41) is 8.84. The Hall–Kier alpha value is -3.01. The molecule has 1 fully saturated rings. The standard InChI is InChI=1S/C22H26N4O5/c23-20-17-4-1-2-5-18(17)21(28)26(20)22(29)31-19-7-6-15(14-24-19)25-10-8-16(9-11-25)30-13-3-12-27/h1-2,4-7,14,16,20,27H,3,8-13,23H2. The van der Waals surface area contributed by atoms with Crippen molar-refractivity contribution in [1.82, 2.24) is 9.88 Å². The zero-order valence-electron chi connectivity index (χ0n) is 17.1. The largest absolute Gasteiger partial charge is 0.425 e. The Morgan fingerprint density at radius 2 is 1.97 bits per heavy atom. The third-order valence-corrected chi connectivity index (χ3v) is 5.58. The minimum Gasteiger partial charge on any atom is -0.396 e. The number of nitrogens with zero attached hydrogens (tertiary/aromatic N) is 3. The van der Waals surface area contributed by atoms with Crippen molar-refractivity contribution in [2.45, 2.75) is 31.5 Å². The molecule has 31 heavy (non-hydrogen) atoms. The van der Waals surface area contributed by atoms with E-state index in [1.54, 1.807) is 36.5 Å². The minimum atomic E-state index is -0.878. The summed E-state index contributed by atoms with van der Waals surface area (Å²) in [6.45, 7) is 2.39. The molecule has 0 bridgehead atoms. The molecule has 1 aromatic carbocycles. The van der Waals surface area contributed by atoms with Crippen LogP contribution in [0.2, 0.25) is 0 Å². The van der Waals surface area contributed by atoms with E-state index in [0.29, 0.717) is 24.2 Å². The van der Waals surface area contributed by atoms with E-state index in [9.17, 15) is 9.59 Å². The van der Waals surface area contributed by atoms with Crippen molar-refractivity contribution < 1.29 is 24.2 Å². The van der Waals surface area contributed by atoms with E-state index < -0.39 is 18.2 Å². The predicted molar refractivity (Wildman–Crippen MR) is 113 cm³/mol. The van der Waals surface area contributed by atoms with Gasteiger partial charge in [-0.05, 0) is 31.4 Å². The number of ether oxygens (including phenoxy) is 2. The summed E-state index contributed by atoms with van der Waals surface area (Å²) in [6, 6.07) is 10.3. The summed E-state index contributed by atoms with van der Waals surface area (Å²) in [6.07, 6.45) is 2.59. The first kappa shape index (κ1) is 21.2. The Morgan fingerprint density at radius 3 is 2.65 bits per heavy atom. The smallest absolute Gasteiger partial charge is 0.396 e. The van der Waals surface area contributed by atoms with Crippen LogP contribution in [-0.2, 0) is 4.74 Å². The summed E-state index contributed by atoms with van der Waals surface area (Å²) in [4.78, 5) is 32.4. The number of piperidine rings is 1. The molecule has 9 heteroatoms. The van der Waals surface area contributed by atoms with E-state index >= 15 is 0 Å². The van der Waals surface area contributed by atoms with E-state index in [1.165, 1.54) is 0 Å². The highest BCUT2D eigenvalue weighted by Gasteiger charge is 2.39. The van der Waals surface area contributed by atoms with Crippen molar-refractivity contribution in [3.63, 3.8) is 0 Å². The van der Waals surface area contributed by atoms with E-state index in [0.717, 1.165) is 36.5 Å². The third-order valence-electron chi connectivity index (χ3n) is 5.58. The van der Waals surface area contributed by atoms with E-state index in [-0.39, 0.29) is 18.6 Å². The van der Waals surface area contributed by atoms with Crippen LogP contribution in [0.1, 0.15) is 41.3 Å². The number of amides is 2. The number of carbonyl (C=O) groups is 2. The minimum absolute atomic E-state index is 0.104. The van der Waals surface area contributed by atoms with Gasteiger partial charge < -0.3 is 25.2 Å². The molecule has 164 valence electrons. The van der Waals surface area contributed by atoms with Crippen LogP contribution in [0.3, 0.4) is 0 Å². The molecular formula is C22H26N4O5. The molecule has 0 aliphatic carbocycles. The van der Waals surface area contributed by atoms with Gasteiger partial charge in [-0.15, -0.1) is 0 Å². The zero-order valence-corrected chi connectivity index (χ0v) is 17.1. The van der Waals surface area contributed by atoms with Crippen LogP contribution in [0.25, 0.3) is 0 Å². The molecule has 0 spiro atoms. The molecule has 3 heterocycles. The molecule has 0 radical (unpaired) electrons. The molecule has 1 aromatic heterocycles. The Labute approximate surface area is 180 Å². The summed E-state index contributed by atoms with van der Waals surface area (Å²) in [5.41, 5.74) is 7.98. The molecule has 1 saturated heterocycles. The number of aliphatic hydroxyl groups is 1. The molecule has 2 aromatic rings. The van der Waals surface area contributed by atoms with Crippen LogP contribution in [0.4, 0.5) is 10.5 Å². The first-order valence-electron chi connectivity index (χ1n) is 10.4. The second-order valence-corrected chi connectivity index (χ2v) is 7.56. The van der Waals surface area contributed by atoms with Gasteiger partial charge in [-0.3, -0.25) is 4.79 Å². The lowest BCUT2D eigenvalue weighted by Crippen LogP contribution is -2.40. The average molecular weight is 426 g/mol. The number of rotatable bonds is 6. The van der Waals surface area contributed by atoms with E-state index in [4.69, 9.17) is 20.3 Å². The maximum absolute atomic E-state index is 12.6. The van der Waals surface area contributed by atoms with Crippen molar-refractivity contribution in [3.8, 4) is 5.88 Å². The zero-order chi connectivity index (χ0) is 21.8.